The lowest BCUT2D eigenvalue weighted by molar-refractivity contribution is 0.306. The predicted molar refractivity (Wildman–Crippen MR) is 71.2 cm³/mol. The number of ether oxygens (including phenoxy) is 1. The largest absolute Gasteiger partial charge is 0.489 e. The average molecular weight is 252 g/mol. The maximum absolute atomic E-state index is 8.80. The van der Waals surface area contributed by atoms with Crippen LogP contribution in [0, 0.1) is 11.3 Å². The molecule has 1 N–H and O–H groups in total. The van der Waals surface area contributed by atoms with Crippen molar-refractivity contribution in [2.75, 3.05) is 0 Å². The van der Waals surface area contributed by atoms with Crippen molar-refractivity contribution in [3.05, 3.63) is 65.7 Å². The third-order valence-electron chi connectivity index (χ3n) is 2.56. The lowest BCUT2D eigenvalue weighted by atomic mass is 10.1. The standard InChI is InChI=1S/C15H12N2O2/c16-10-15(17-18)13-7-4-8-14(9-13)19-11-12-5-2-1-3-6-12/h1-9,18H,11H2/b17-15+. The molecule has 4 nitrogen and oxygen atoms in total. The van der Waals surface area contributed by atoms with Gasteiger partial charge in [-0.25, -0.2) is 0 Å². The molecular formula is C15H12N2O2. The topological polar surface area (TPSA) is 65.6 Å². The average Bonchev–Trinajstić information content (AvgIpc) is 2.48. The summed E-state index contributed by atoms with van der Waals surface area (Å²) >= 11 is 0. The summed E-state index contributed by atoms with van der Waals surface area (Å²) in [5.41, 5.74) is 1.55. The van der Waals surface area contributed by atoms with Gasteiger partial charge in [0.25, 0.3) is 0 Å². The number of nitrogens with zero attached hydrogens (tertiary/aromatic N) is 2. The molecule has 0 aliphatic rings. The number of oxime groups is 1. The summed E-state index contributed by atoms with van der Waals surface area (Å²) in [5.74, 6) is 0.623. The molecule has 0 bridgehead atoms. The number of hydrogen-bond donors (Lipinski definition) is 1. The number of benzene rings is 2. The van der Waals surface area contributed by atoms with E-state index in [1.807, 2.05) is 36.4 Å². The Kier molecular flexibility index (Phi) is 4.14. The molecule has 0 atom stereocenters. The molecule has 0 saturated heterocycles. The molecule has 0 heterocycles. The van der Waals surface area contributed by atoms with Crippen LogP contribution in [0.1, 0.15) is 11.1 Å². The first-order chi connectivity index (χ1) is 9.33. The van der Waals surface area contributed by atoms with E-state index in [4.69, 9.17) is 15.2 Å². The molecule has 0 aliphatic carbocycles. The van der Waals surface area contributed by atoms with Gasteiger partial charge in [-0.05, 0) is 17.7 Å². The molecule has 2 aromatic rings. The van der Waals surface area contributed by atoms with Crippen molar-refractivity contribution in [1.82, 2.24) is 0 Å². The highest BCUT2D eigenvalue weighted by atomic mass is 16.5. The van der Waals surface area contributed by atoms with Crippen LogP contribution in [0.2, 0.25) is 0 Å². The first-order valence-corrected chi connectivity index (χ1v) is 5.73. The highest BCUT2D eigenvalue weighted by Gasteiger charge is 2.04. The van der Waals surface area contributed by atoms with Crippen LogP contribution in [-0.2, 0) is 6.61 Å². The Bertz CT molecular complexity index is 616. The van der Waals surface area contributed by atoms with Crippen LogP contribution in [0.4, 0.5) is 0 Å². The third-order valence-corrected chi connectivity index (χ3v) is 2.56. The summed E-state index contributed by atoms with van der Waals surface area (Å²) in [5, 5.41) is 20.4. The van der Waals surface area contributed by atoms with Gasteiger partial charge in [-0.3, -0.25) is 0 Å². The normalized spacial score (nSPS) is 10.8. The van der Waals surface area contributed by atoms with Gasteiger partial charge < -0.3 is 9.94 Å². The van der Waals surface area contributed by atoms with Gasteiger partial charge in [0.1, 0.15) is 18.4 Å². The summed E-state index contributed by atoms with van der Waals surface area (Å²) in [6.07, 6.45) is 0. The van der Waals surface area contributed by atoms with Gasteiger partial charge in [0.05, 0.1) is 0 Å². The Morgan fingerprint density at radius 3 is 2.63 bits per heavy atom. The summed E-state index contributed by atoms with van der Waals surface area (Å²) in [6, 6.07) is 18.5. The second-order valence-electron chi connectivity index (χ2n) is 3.86. The van der Waals surface area contributed by atoms with Gasteiger partial charge in [0, 0.05) is 5.56 Å². The lowest BCUT2D eigenvalue weighted by Gasteiger charge is -2.07. The smallest absolute Gasteiger partial charge is 0.186 e. The van der Waals surface area contributed by atoms with Gasteiger partial charge >= 0.3 is 0 Å². The number of nitriles is 1. The Hall–Kier alpha value is -2.80. The molecule has 0 spiro atoms. The van der Waals surface area contributed by atoms with E-state index in [9.17, 15) is 0 Å². The highest BCUT2D eigenvalue weighted by Crippen LogP contribution is 2.15. The van der Waals surface area contributed by atoms with E-state index in [0.29, 0.717) is 17.9 Å². The van der Waals surface area contributed by atoms with Crippen molar-refractivity contribution in [1.29, 1.82) is 5.26 Å². The molecule has 0 fully saturated rings. The Labute approximate surface area is 111 Å². The minimum Gasteiger partial charge on any atom is -0.489 e. The zero-order valence-electron chi connectivity index (χ0n) is 10.2. The second-order valence-corrected chi connectivity index (χ2v) is 3.86. The maximum atomic E-state index is 8.80. The fourth-order valence-electron chi connectivity index (χ4n) is 1.62. The molecule has 0 aliphatic heterocycles. The fraction of sp³-hybridized carbons (Fsp3) is 0.0667. The zero-order valence-corrected chi connectivity index (χ0v) is 10.2. The Morgan fingerprint density at radius 1 is 1.16 bits per heavy atom. The molecule has 0 amide bonds. The zero-order chi connectivity index (χ0) is 13.5. The molecular weight excluding hydrogens is 240 g/mol. The van der Waals surface area contributed by atoms with Crippen LogP contribution < -0.4 is 4.74 Å². The van der Waals surface area contributed by atoms with Crippen LogP contribution in [0.3, 0.4) is 0 Å². The lowest BCUT2D eigenvalue weighted by Crippen LogP contribution is -1.99. The van der Waals surface area contributed by atoms with Crippen LogP contribution in [0.5, 0.6) is 5.75 Å². The van der Waals surface area contributed by atoms with Crippen molar-refractivity contribution in [3.8, 4) is 11.8 Å². The van der Waals surface area contributed by atoms with Crippen molar-refractivity contribution >= 4 is 5.71 Å². The van der Waals surface area contributed by atoms with Gasteiger partial charge in [0.15, 0.2) is 5.71 Å². The van der Waals surface area contributed by atoms with Crippen molar-refractivity contribution in [2.45, 2.75) is 6.61 Å². The molecule has 0 unspecified atom stereocenters. The monoisotopic (exact) mass is 252 g/mol. The van der Waals surface area contributed by atoms with E-state index < -0.39 is 0 Å². The van der Waals surface area contributed by atoms with E-state index in [-0.39, 0.29) is 5.71 Å². The van der Waals surface area contributed by atoms with Gasteiger partial charge in [-0.2, -0.15) is 5.26 Å². The van der Waals surface area contributed by atoms with E-state index in [1.165, 1.54) is 0 Å². The van der Waals surface area contributed by atoms with Crippen LogP contribution in [0.15, 0.2) is 59.8 Å². The highest BCUT2D eigenvalue weighted by molar-refractivity contribution is 6.11. The predicted octanol–water partition coefficient (Wildman–Crippen LogP) is 2.97. The van der Waals surface area contributed by atoms with E-state index in [1.54, 1.807) is 24.3 Å². The second kappa shape index (κ2) is 6.22. The minimum atomic E-state index is -0.0369. The molecule has 0 saturated carbocycles. The SMILES string of the molecule is N#C/C(=N\O)c1cccc(OCc2ccccc2)c1. The number of rotatable bonds is 4. The van der Waals surface area contributed by atoms with Gasteiger partial charge in [-0.15, -0.1) is 0 Å². The van der Waals surface area contributed by atoms with Crippen LogP contribution >= 0.6 is 0 Å². The number of hydrogen-bond acceptors (Lipinski definition) is 4. The van der Waals surface area contributed by atoms with E-state index >= 15 is 0 Å². The first kappa shape index (κ1) is 12.7. The summed E-state index contributed by atoms with van der Waals surface area (Å²) < 4.78 is 5.63. The molecule has 2 rings (SSSR count). The van der Waals surface area contributed by atoms with Gasteiger partial charge in [-0.1, -0.05) is 47.6 Å². The summed E-state index contributed by atoms with van der Waals surface area (Å²) in [4.78, 5) is 0. The third kappa shape index (κ3) is 3.33. The Balaban J connectivity index is 2.10. The van der Waals surface area contributed by atoms with E-state index in [0.717, 1.165) is 5.56 Å². The fourth-order valence-corrected chi connectivity index (χ4v) is 1.62. The van der Waals surface area contributed by atoms with Crippen molar-refractivity contribution in [3.63, 3.8) is 0 Å². The maximum Gasteiger partial charge on any atom is 0.186 e. The molecule has 94 valence electrons. The van der Waals surface area contributed by atoms with Crippen LogP contribution in [-0.4, -0.2) is 10.9 Å². The first-order valence-electron chi connectivity index (χ1n) is 5.73. The molecule has 4 heteroatoms. The molecule has 2 aromatic carbocycles. The van der Waals surface area contributed by atoms with Crippen LogP contribution in [0.25, 0.3) is 0 Å². The molecule has 0 aromatic heterocycles. The quantitative estimate of drug-likeness (QED) is 0.517. The van der Waals surface area contributed by atoms with Gasteiger partial charge in [0.2, 0.25) is 0 Å². The van der Waals surface area contributed by atoms with E-state index in [2.05, 4.69) is 5.16 Å². The van der Waals surface area contributed by atoms with Crippen molar-refractivity contribution in [2.24, 2.45) is 5.16 Å². The molecule has 19 heavy (non-hydrogen) atoms. The van der Waals surface area contributed by atoms with Crippen molar-refractivity contribution < 1.29 is 9.94 Å². The Morgan fingerprint density at radius 2 is 1.95 bits per heavy atom. The molecule has 0 radical (unpaired) electrons. The summed E-state index contributed by atoms with van der Waals surface area (Å²) in [6.45, 7) is 0.447. The minimum absolute atomic E-state index is 0.0369. The summed E-state index contributed by atoms with van der Waals surface area (Å²) in [7, 11) is 0.